The molecule has 0 saturated heterocycles. The Morgan fingerprint density at radius 1 is 1.40 bits per heavy atom. The molecule has 1 saturated carbocycles. The van der Waals surface area contributed by atoms with Gasteiger partial charge in [0.05, 0.1) is 0 Å². The van der Waals surface area contributed by atoms with Crippen LogP contribution in [-0.4, -0.2) is 22.4 Å². The summed E-state index contributed by atoms with van der Waals surface area (Å²) in [6.45, 7) is 0. The van der Waals surface area contributed by atoms with E-state index in [-0.39, 0.29) is 17.1 Å². The van der Waals surface area contributed by atoms with Gasteiger partial charge in [0.25, 0.3) is 0 Å². The second kappa shape index (κ2) is 3.87. The van der Waals surface area contributed by atoms with Crippen molar-refractivity contribution >= 4 is 18.6 Å². The summed E-state index contributed by atoms with van der Waals surface area (Å²) in [5, 5.41) is 8.88. The van der Waals surface area contributed by atoms with Crippen molar-refractivity contribution in [3.63, 3.8) is 0 Å². The molecule has 1 aromatic carbocycles. The molecule has 1 unspecified atom stereocenters. The van der Waals surface area contributed by atoms with Crippen molar-refractivity contribution in [2.75, 3.05) is 0 Å². The molecule has 0 aromatic heterocycles. The molecule has 1 aromatic rings. The molecule has 0 spiro atoms. The summed E-state index contributed by atoms with van der Waals surface area (Å²) in [4.78, 5) is 10.7. The average molecular weight is 223 g/mol. The Morgan fingerprint density at radius 3 is 2.53 bits per heavy atom. The van der Waals surface area contributed by atoms with Crippen LogP contribution in [-0.2, 0) is 4.79 Å². The monoisotopic (exact) mass is 223 g/mol. The molecule has 4 atom stereocenters. The fraction of sp³-hybridized carbons (Fsp3) is 0.364. The zero-order chi connectivity index (χ0) is 11.0. The molecule has 1 aliphatic rings. The van der Waals surface area contributed by atoms with Gasteiger partial charge in [0.15, 0.2) is 0 Å². The summed E-state index contributed by atoms with van der Waals surface area (Å²) in [5.74, 6) is -0.814. The predicted molar refractivity (Wildman–Crippen MR) is 61.1 cm³/mol. The summed E-state index contributed by atoms with van der Waals surface area (Å²) in [6, 6.07) is 8.99. The molecule has 1 fully saturated rings. The van der Waals surface area contributed by atoms with Crippen LogP contribution in [0.4, 0.5) is 0 Å². The summed E-state index contributed by atoms with van der Waals surface area (Å²) in [5.41, 5.74) is 6.72. The topological polar surface area (TPSA) is 63.3 Å². The van der Waals surface area contributed by atoms with Gasteiger partial charge >= 0.3 is 5.97 Å². The number of hydrogen-bond donors (Lipinski definition) is 3. The molecule has 4 heteroatoms. The first kappa shape index (κ1) is 10.5. The largest absolute Gasteiger partial charge is 0.480 e. The molecule has 0 heterocycles. The van der Waals surface area contributed by atoms with Gasteiger partial charge < -0.3 is 10.8 Å². The Kier molecular flexibility index (Phi) is 2.71. The van der Waals surface area contributed by atoms with E-state index in [1.165, 1.54) is 0 Å². The van der Waals surface area contributed by atoms with E-state index in [0.29, 0.717) is 0 Å². The quantitative estimate of drug-likeness (QED) is 0.673. The number of rotatable bonds is 3. The van der Waals surface area contributed by atoms with E-state index in [1.807, 2.05) is 30.3 Å². The molecule has 0 aliphatic heterocycles. The Balaban J connectivity index is 2.12. The van der Waals surface area contributed by atoms with Crippen molar-refractivity contribution in [2.45, 2.75) is 17.2 Å². The fourth-order valence-electron chi connectivity index (χ4n) is 2.01. The minimum atomic E-state index is -0.947. The standard InChI is InChI=1S/C11H13NO2S/c12-9(11(13)14)8-7(10(8)15)6-4-2-1-3-5-6/h1-5,7-10,15H,12H2,(H,13,14)/t7?,8-,9-,10-/m0/s1. The van der Waals surface area contributed by atoms with Crippen LogP contribution in [0.25, 0.3) is 0 Å². The third-order valence-corrected chi connectivity index (χ3v) is 3.59. The number of carboxylic acid groups (broad SMARTS) is 1. The van der Waals surface area contributed by atoms with Crippen molar-refractivity contribution in [3.05, 3.63) is 35.9 Å². The van der Waals surface area contributed by atoms with Crippen LogP contribution >= 0.6 is 12.6 Å². The molecule has 3 N–H and O–H groups in total. The lowest BCUT2D eigenvalue weighted by molar-refractivity contribution is -0.139. The summed E-state index contributed by atoms with van der Waals surface area (Å²) < 4.78 is 0. The van der Waals surface area contributed by atoms with Gasteiger partial charge in [0, 0.05) is 17.1 Å². The van der Waals surface area contributed by atoms with E-state index in [2.05, 4.69) is 12.6 Å². The Morgan fingerprint density at radius 2 is 2.00 bits per heavy atom. The highest BCUT2D eigenvalue weighted by molar-refractivity contribution is 7.81. The van der Waals surface area contributed by atoms with Crippen molar-refractivity contribution in [1.29, 1.82) is 0 Å². The molecule has 0 bridgehead atoms. The van der Waals surface area contributed by atoms with Gasteiger partial charge in [-0.05, 0) is 5.56 Å². The SMILES string of the molecule is N[C@H](C(=O)O)[C@@H]1C(c2ccccc2)[C@@H]1S. The van der Waals surface area contributed by atoms with E-state index in [0.717, 1.165) is 5.56 Å². The zero-order valence-corrected chi connectivity index (χ0v) is 8.97. The van der Waals surface area contributed by atoms with Crippen molar-refractivity contribution < 1.29 is 9.90 Å². The summed E-state index contributed by atoms with van der Waals surface area (Å²) in [6.07, 6.45) is 0. The Bertz CT molecular complexity index is 368. The minimum Gasteiger partial charge on any atom is -0.480 e. The highest BCUT2D eigenvalue weighted by Crippen LogP contribution is 2.52. The second-order valence-electron chi connectivity index (χ2n) is 3.87. The van der Waals surface area contributed by atoms with E-state index >= 15 is 0 Å². The Hall–Kier alpha value is -1.00. The molecule has 0 radical (unpaired) electrons. The highest BCUT2D eigenvalue weighted by atomic mass is 32.1. The number of carboxylic acids is 1. The van der Waals surface area contributed by atoms with E-state index in [1.54, 1.807) is 0 Å². The van der Waals surface area contributed by atoms with Crippen LogP contribution in [0.2, 0.25) is 0 Å². The predicted octanol–water partition coefficient (Wildman–Crippen LogP) is 1.11. The fourth-order valence-corrected chi connectivity index (χ4v) is 2.66. The first-order chi connectivity index (χ1) is 7.13. The lowest BCUT2D eigenvalue weighted by Gasteiger charge is -2.04. The Labute approximate surface area is 93.7 Å². The van der Waals surface area contributed by atoms with Gasteiger partial charge in [-0.1, -0.05) is 30.3 Å². The maximum Gasteiger partial charge on any atom is 0.320 e. The molecule has 2 rings (SSSR count). The van der Waals surface area contributed by atoms with Crippen molar-refractivity contribution in [2.24, 2.45) is 11.7 Å². The summed E-state index contributed by atoms with van der Waals surface area (Å²) >= 11 is 4.37. The smallest absolute Gasteiger partial charge is 0.320 e. The van der Waals surface area contributed by atoms with E-state index < -0.39 is 12.0 Å². The third-order valence-electron chi connectivity index (χ3n) is 2.92. The summed E-state index contributed by atoms with van der Waals surface area (Å²) in [7, 11) is 0. The van der Waals surface area contributed by atoms with Gasteiger partial charge in [0.2, 0.25) is 0 Å². The molecular formula is C11H13NO2S. The van der Waals surface area contributed by atoms with Gasteiger partial charge in [-0.25, -0.2) is 0 Å². The zero-order valence-electron chi connectivity index (χ0n) is 8.08. The number of hydrogen-bond acceptors (Lipinski definition) is 3. The molecule has 80 valence electrons. The lowest BCUT2D eigenvalue weighted by atomic mass is 10.1. The first-order valence-electron chi connectivity index (χ1n) is 4.84. The van der Waals surface area contributed by atoms with Crippen LogP contribution < -0.4 is 5.73 Å². The van der Waals surface area contributed by atoms with Gasteiger partial charge in [-0.15, -0.1) is 0 Å². The lowest BCUT2D eigenvalue weighted by Crippen LogP contribution is -2.33. The number of thiol groups is 1. The molecule has 3 nitrogen and oxygen atoms in total. The number of nitrogens with two attached hydrogens (primary N) is 1. The van der Waals surface area contributed by atoms with Crippen LogP contribution in [0.1, 0.15) is 11.5 Å². The molecule has 0 amide bonds. The van der Waals surface area contributed by atoms with E-state index in [4.69, 9.17) is 10.8 Å². The first-order valence-corrected chi connectivity index (χ1v) is 5.36. The maximum atomic E-state index is 10.7. The van der Waals surface area contributed by atoms with Crippen molar-refractivity contribution in [1.82, 2.24) is 0 Å². The number of aliphatic carboxylic acids is 1. The highest BCUT2D eigenvalue weighted by Gasteiger charge is 2.53. The van der Waals surface area contributed by atoms with Crippen LogP contribution in [0.5, 0.6) is 0 Å². The third kappa shape index (κ3) is 1.87. The molecule has 1 aliphatic carbocycles. The minimum absolute atomic E-state index is 0.0479. The van der Waals surface area contributed by atoms with Gasteiger partial charge in [-0.3, -0.25) is 4.79 Å². The average Bonchev–Trinajstić information content (AvgIpc) is 2.90. The number of benzene rings is 1. The second-order valence-corrected chi connectivity index (χ2v) is 4.46. The maximum absolute atomic E-state index is 10.7. The van der Waals surface area contributed by atoms with Crippen LogP contribution in [0, 0.1) is 5.92 Å². The van der Waals surface area contributed by atoms with Crippen LogP contribution in [0.15, 0.2) is 30.3 Å². The van der Waals surface area contributed by atoms with Crippen molar-refractivity contribution in [3.8, 4) is 0 Å². The molecular weight excluding hydrogens is 210 g/mol. The number of carbonyl (C=O) groups is 1. The van der Waals surface area contributed by atoms with Crippen LogP contribution in [0.3, 0.4) is 0 Å². The molecule has 15 heavy (non-hydrogen) atoms. The van der Waals surface area contributed by atoms with E-state index in [9.17, 15) is 4.79 Å². The normalized spacial score (nSPS) is 30.9. The van der Waals surface area contributed by atoms with Gasteiger partial charge in [0.1, 0.15) is 6.04 Å². The van der Waals surface area contributed by atoms with Gasteiger partial charge in [-0.2, -0.15) is 12.6 Å².